The fraction of sp³-hybridized carbons (Fsp3) is 0.429. The van der Waals surface area contributed by atoms with Gasteiger partial charge in [-0.15, -0.1) is 0 Å². The Kier molecular flexibility index (Phi) is 7.16. The van der Waals surface area contributed by atoms with Gasteiger partial charge in [0.25, 0.3) is 0 Å². The van der Waals surface area contributed by atoms with Crippen molar-refractivity contribution in [3.63, 3.8) is 0 Å². The van der Waals surface area contributed by atoms with Crippen LogP contribution < -0.4 is 0 Å². The number of benzene rings is 1. The van der Waals surface area contributed by atoms with Crippen LogP contribution in [0, 0.1) is 0 Å². The minimum absolute atomic E-state index is 0.180. The van der Waals surface area contributed by atoms with Crippen molar-refractivity contribution in [2.75, 3.05) is 13.2 Å². The highest BCUT2D eigenvalue weighted by Crippen LogP contribution is 2.37. The number of rotatable bonds is 9. The molecule has 0 aliphatic rings. The molecule has 0 bridgehead atoms. The molecular weight excluding hydrogens is 330 g/mol. The molecule has 0 spiro atoms. The molecular formula is C21H27NO4. The van der Waals surface area contributed by atoms with E-state index in [1.165, 1.54) is 0 Å². The van der Waals surface area contributed by atoms with E-state index in [4.69, 9.17) is 9.47 Å². The number of hydrogen-bond donors (Lipinski definition) is 1. The molecule has 1 aromatic heterocycles. The van der Waals surface area contributed by atoms with Crippen molar-refractivity contribution in [1.29, 1.82) is 0 Å². The number of ether oxygens (including phenoxy) is 2. The first-order chi connectivity index (χ1) is 12.5. The normalized spacial score (nSPS) is 11.1. The van der Waals surface area contributed by atoms with Crippen molar-refractivity contribution in [3.8, 4) is 5.75 Å². The van der Waals surface area contributed by atoms with E-state index in [0.29, 0.717) is 24.3 Å². The van der Waals surface area contributed by atoms with Gasteiger partial charge >= 0.3 is 5.97 Å². The van der Waals surface area contributed by atoms with Crippen molar-refractivity contribution in [2.24, 2.45) is 0 Å². The maximum absolute atomic E-state index is 11.4. The molecule has 26 heavy (non-hydrogen) atoms. The number of phenolic OH excluding ortho intramolecular Hbond substituents is 1. The quantitative estimate of drug-likeness (QED) is 0.407. The van der Waals surface area contributed by atoms with Gasteiger partial charge in [-0.05, 0) is 48.9 Å². The monoisotopic (exact) mass is 357 g/mol. The van der Waals surface area contributed by atoms with Gasteiger partial charge in [-0.1, -0.05) is 26.5 Å². The third kappa shape index (κ3) is 4.61. The molecule has 0 radical (unpaired) electrons. The highest BCUT2D eigenvalue weighted by atomic mass is 16.6. The SMILES string of the molecule is C=C(C)C(=O)OCCOCc1cc(C(CC)CC)c(O)c2ncccc12. The summed E-state index contributed by atoms with van der Waals surface area (Å²) in [5.74, 6) is 0.119. The molecule has 5 nitrogen and oxygen atoms in total. The number of pyridine rings is 1. The topological polar surface area (TPSA) is 68.7 Å². The first-order valence-electron chi connectivity index (χ1n) is 8.99. The lowest BCUT2D eigenvalue weighted by atomic mass is 9.90. The minimum Gasteiger partial charge on any atom is -0.505 e. The second kappa shape index (κ2) is 9.34. The van der Waals surface area contributed by atoms with E-state index in [0.717, 1.165) is 29.4 Å². The summed E-state index contributed by atoms with van der Waals surface area (Å²) in [5.41, 5.74) is 2.85. The van der Waals surface area contributed by atoms with Crippen LogP contribution >= 0.6 is 0 Å². The van der Waals surface area contributed by atoms with Crippen molar-refractivity contribution in [1.82, 2.24) is 4.98 Å². The predicted octanol–water partition coefficient (Wildman–Crippen LogP) is 4.48. The highest BCUT2D eigenvalue weighted by molar-refractivity contribution is 5.88. The van der Waals surface area contributed by atoms with E-state index >= 15 is 0 Å². The van der Waals surface area contributed by atoms with Gasteiger partial charge in [-0.3, -0.25) is 4.98 Å². The fourth-order valence-corrected chi connectivity index (χ4v) is 2.98. The average Bonchev–Trinajstić information content (AvgIpc) is 2.65. The summed E-state index contributed by atoms with van der Waals surface area (Å²) in [6.45, 7) is 10.2. The number of carbonyl (C=O) groups is 1. The summed E-state index contributed by atoms with van der Waals surface area (Å²) >= 11 is 0. The van der Waals surface area contributed by atoms with Gasteiger partial charge in [-0.25, -0.2) is 4.79 Å². The molecule has 0 aliphatic carbocycles. The molecule has 140 valence electrons. The predicted molar refractivity (Wildman–Crippen MR) is 102 cm³/mol. The Morgan fingerprint density at radius 1 is 1.31 bits per heavy atom. The van der Waals surface area contributed by atoms with Crippen molar-refractivity contribution in [2.45, 2.75) is 46.1 Å². The molecule has 0 saturated heterocycles. The lowest BCUT2D eigenvalue weighted by molar-refractivity contribution is -0.140. The van der Waals surface area contributed by atoms with Gasteiger partial charge in [-0.2, -0.15) is 0 Å². The summed E-state index contributed by atoms with van der Waals surface area (Å²) in [6.07, 6.45) is 3.57. The zero-order chi connectivity index (χ0) is 19.1. The van der Waals surface area contributed by atoms with E-state index in [1.54, 1.807) is 13.1 Å². The second-order valence-corrected chi connectivity index (χ2v) is 6.36. The van der Waals surface area contributed by atoms with Crippen LogP contribution in [-0.2, 0) is 20.9 Å². The molecule has 0 aliphatic heterocycles. The summed E-state index contributed by atoms with van der Waals surface area (Å²) in [7, 11) is 0. The molecule has 0 fully saturated rings. The van der Waals surface area contributed by atoms with E-state index in [-0.39, 0.29) is 18.3 Å². The van der Waals surface area contributed by atoms with Crippen molar-refractivity contribution < 1.29 is 19.4 Å². The Hall–Kier alpha value is -2.40. The lowest BCUT2D eigenvalue weighted by Crippen LogP contribution is -2.11. The molecule has 1 aromatic carbocycles. The summed E-state index contributed by atoms with van der Waals surface area (Å²) in [4.78, 5) is 15.7. The van der Waals surface area contributed by atoms with Crippen molar-refractivity contribution >= 4 is 16.9 Å². The summed E-state index contributed by atoms with van der Waals surface area (Å²) < 4.78 is 10.7. The molecule has 0 amide bonds. The molecule has 2 rings (SSSR count). The van der Waals surface area contributed by atoms with Crippen LogP contribution in [0.1, 0.15) is 50.7 Å². The van der Waals surface area contributed by atoms with Crippen LogP contribution in [0.5, 0.6) is 5.75 Å². The van der Waals surface area contributed by atoms with Gasteiger partial charge in [0, 0.05) is 17.2 Å². The Balaban J connectivity index is 2.17. The number of nitrogens with zero attached hydrogens (tertiary/aromatic N) is 1. The van der Waals surface area contributed by atoms with Gasteiger partial charge in [0.05, 0.1) is 13.2 Å². The number of fused-ring (bicyclic) bond motifs is 1. The molecule has 1 N–H and O–H groups in total. The second-order valence-electron chi connectivity index (χ2n) is 6.36. The smallest absolute Gasteiger partial charge is 0.333 e. The van der Waals surface area contributed by atoms with E-state index in [1.807, 2.05) is 18.2 Å². The van der Waals surface area contributed by atoms with E-state index in [2.05, 4.69) is 25.4 Å². The fourth-order valence-electron chi connectivity index (χ4n) is 2.98. The first kappa shape index (κ1) is 19.9. The molecule has 0 saturated carbocycles. The van der Waals surface area contributed by atoms with Crippen LogP contribution in [0.3, 0.4) is 0 Å². The van der Waals surface area contributed by atoms with Crippen LogP contribution in [0.2, 0.25) is 0 Å². The van der Waals surface area contributed by atoms with Gasteiger partial charge in [0.1, 0.15) is 17.9 Å². The van der Waals surface area contributed by atoms with Gasteiger partial charge in [0.15, 0.2) is 0 Å². The highest BCUT2D eigenvalue weighted by Gasteiger charge is 2.18. The van der Waals surface area contributed by atoms with Crippen LogP contribution in [0.15, 0.2) is 36.5 Å². The maximum atomic E-state index is 11.4. The van der Waals surface area contributed by atoms with Crippen LogP contribution in [-0.4, -0.2) is 29.3 Å². The maximum Gasteiger partial charge on any atom is 0.333 e. The molecule has 0 unspecified atom stereocenters. The number of esters is 1. The van der Waals surface area contributed by atoms with Crippen molar-refractivity contribution in [3.05, 3.63) is 47.7 Å². The molecule has 2 aromatic rings. The number of aromatic nitrogens is 1. The summed E-state index contributed by atoms with van der Waals surface area (Å²) in [5, 5.41) is 11.5. The minimum atomic E-state index is -0.413. The average molecular weight is 357 g/mol. The Morgan fingerprint density at radius 2 is 2.04 bits per heavy atom. The zero-order valence-electron chi connectivity index (χ0n) is 15.7. The van der Waals surface area contributed by atoms with E-state index in [9.17, 15) is 9.90 Å². The van der Waals surface area contributed by atoms with Crippen LogP contribution in [0.4, 0.5) is 0 Å². The third-order valence-corrected chi connectivity index (χ3v) is 4.47. The lowest BCUT2D eigenvalue weighted by Gasteiger charge is -2.18. The third-order valence-electron chi connectivity index (χ3n) is 4.47. The Labute approximate surface area is 154 Å². The summed E-state index contributed by atoms with van der Waals surface area (Å²) in [6, 6.07) is 5.78. The standard InChI is InChI=1S/C21H27NO4/c1-5-15(6-2)18-12-16(13-25-10-11-26-21(24)14(3)4)17-8-7-9-22-19(17)20(18)23/h7-9,12,15,23H,3,5-6,10-11,13H2,1-2,4H3. The molecule has 1 heterocycles. The molecule has 0 atom stereocenters. The Bertz CT molecular complexity index is 781. The Morgan fingerprint density at radius 3 is 2.69 bits per heavy atom. The largest absolute Gasteiger partial charge is 0.505 e. The van der Waals surface area contributed by atoms with E-state index < -0.39 is 5.97 Å². The number of carbonyl (C=O) groups excluding carboxylic acids is 1. The number of phenols is 1. The zero-order valence-corrected chi connectivity index (χ0v) is 15.7. The number of aromatic hydroxyl groups is 1. The van der Waals surface area contributed by atoms with Crippen LogP contribution in [0.25, 0.3) is 10.9 Å². The number of hydrogen-bond acceptors (Lipinski definition) is 5. The van der Waals surface area contributed by atoms with Gasteiger partial charge in [0.2, 0.25) is 0 Å². The van der Waals surface area contributed by atoms with Gasteiger partial charge < -0.3 is 14.6 Å². The molecule has 5 heteroatoms. The first-order valence-corrected chi connectivity index (χ1v) is 8.99.